The standard InChI is InChI=1S/2C7H3F3O.C7H4F2O/c8-5-1-4(3-11)2-6(9)7(5)10;8-5-2-1-4(3-11)6(9)7(5)10;8-6-2-1-5(4-10)3-7(6)9/h2*1-3H;1-4H. The molecule has 0 saturated carbocycles. The van der Waals surface area contributed by atoms with E-state index >= 15 is 0 Å². The van der Waals surface area contributed by atoms with E-state index in [0.29, 0.717) is 24.5 Å². The monoisotopic (exact) mass is 462 g/mol. The van der Waals surface area contributed by atoms with Crippen LogP contribution in [0.2, 0.25) is 0 Å². The number of hydrogen-bond acceptors (Lipinski definition) is 3. The van der Waals surface area contributed by atoms with Crippen LogP contribution in [0.3, 0.4) is 0 Å². The Hall–Kier alpha value is -3.89. The molecule has 32 heavy (non-hydrogen) atoms. The van der Waals surface area contributed by atoms with Crippen LogP contribution in [-0.4, -0.2) is 18.9 Å². The first-order valence-electron chi connectivity index (χ1n) is 8.14. The van der Waals surface area contributed by atoms with Crippen LogP contribution in [0.15, 0.2) is 42.5 Å². The van der Waals surface area contributed by atoms with E-state index in [1.807, 2.05) is 0 Å². The Kier molecular flexibility index (Phi) is 9.87. The number of hydrogen-bond donors (Lipinski definition) is 0. The van der Waals surface area contributed by atoms with Gasteiger partial charge < -0.3 is 0 Å². The van der Waals surface area contributed by atoms with E-state index in [-0.39, 0.29) is 23.7 Å². The van der Waals surface area contributed by atoms with Crippen molar-refractivity contribution in [2.24, 2.45) is 0 Å². The first kappa shape index (κ1) is 26.1. The molecule has 0 heterocycles. The molecule has 0 N–H and O–H groups in total. The molecule has 0 saturated heterocycles. The molecule has 0 aliphatic heterocycles. The van der Waals surface area contributed by atoms with Gasteiger partial charge in [-0.15, -0.1) is 0 Å². The highest BCUT2D eigenvalue weighted by atomic mass is 19.2. The van der Waals surface area contributed by atoms with Gasteiger partial charge in [0.25, 0.3) is 0 Å². The van der Waals surface area contributed by atoms with Gasteiger partial charge in [-0.05, 0) is 42.5 Å². The fourth-order valence-corrected chi connectivity index (χ4v) is 1.86. The van der Waals surface area contributed by atoms with Crippen LogP contribution in [0.5, 0.6) is 0 Å². The molecule has 3 nitrogen and oxygen atoms in total. The average Bonchev–Trinajstić information content (AvgIpc) is 2.78. The maximum atomic E-state index is 12.4. The molecule has 0 aliphatic rings. The van der Waals surface area contributed by atoms with E-state index in [2.05, 4.69) is 0 Å². The Morgan fingerprint density at radius 2 is 0.938 bits per heavy atom. The van der Waals surface area contributed by atoms with Gasteiger partial charge >= 0.3 is 0 Å². The SMILES string of the molecule is O=Cc1cc(F)c(F)c(F)c1.O=Cc1ccc(F)c(F)c1.O=Cc1ccc(F)c(F)c1F. The van der Waals surface area contributed by atoms with Gasteiger partial charge in [0.05, 0.1) is 5.56 Å². The number of benzene rings is 3. The summed E-state index contributed by atoms with van der Waals surface area (Å²) < 4.78 is 97.9. The molecular formula is C21H10F8O3. The van der Waals surface area contributed by atoms with Crippen LogP contribution in [-0.2, 0) is 0 Å². The first-order chi connectivity index (χ1) is 15.0. The number of carbonyl (C=O) groups is 3. The molecule has 0 fully saturated rings. The molecule has 0 unspecified atom stereocenters. The molecule has 3 rings (SSSR count). The summed E-state index contributed by atoms with van der Waals surface area (Å²) in [5.41, 5.74) is -0.566. The van der Waals surface area contributed by atoms with Gasteiger partial charge in [-0.3, -0.25) is 14.4 Å². The molecule has 168 valence electrons. The minimum atomic E-state index is -1.62. The minimum absolute atomic E-state index is 0.123. The highest BCUT2D eigenvalue weighted by Gasteiger charge is 2.12. The summed E-state index contributed by atoms with van der Waals surface area (Å²) in [5.74, 6) is -10.6. The van der Waals surface area contributed by atoms with E-state index in [9.17, 15) is 49.5 Å². The molecule has 0 aliphatic carbocycles. The average molecular weight is 462 g/mol. The number of carbonyl (C=O) groups excluding carboxylic acids is 3. The molecule has 11 heteroatoms. The summed E-state index contributed by atoms with van der Waals surface area (Å²) in [5, 5.41) is 0. The zero-order valence-electron chi connectivity index (χ0n) is 15.5. The van der Waals surface area contributed by atoms with Crippen molar-refractivity contribution in [3.05, 3.63) is 106 Å². The lowest BCUT2D eigenvalue weighted by Gasteiger charge is -1.95. The summed E-state index contributed by atoms with van der Waals surface area (Å²) in [6.45, 7) is 0. The van der Waals surface area contributed by atoms with E-state index in [1.54, 1.807) is 0 Å². The van der Waals surface area contributed by atoms with Gasteiger partial charge in [0, 0.05) is 11.1 Å². The predicted molar refractivity (Wildman–Crippen MR) is 95.2 cm³/mol. The van der Waals surface area contributed by atoms with Gasteiger partial charge in [0.15, 0.2) is 52.8 Å². The topological polar surface area (TPSA) is 51.2 Å². The molecule has 0 amide bonds. The maximum Gasteiger partial charge on any atom is 0.195 e. The molecule has 0 atom stereocenters. The lowest BCUT2D eigenvalue weighted by atomic mass is 10.2. The summed E-state index contributed by atoms with van der Waals surface area (Å²) in [4.78, 5) is 29.9. The van der Waals surface area contributed by atoms with Gasteiger partial charge in [-0.25, -0.2) is 35.1 Å². The van der Waals surface area contributed by atoms with Crippen molar-refractivity contribution in [1.82, 2.24) is 0 Å². The Balaban J connectivity index is 0.000000240. The third kappa shape index (κ3) is 7.11. The lowest BCUT2D eigenvalue weighted by Crippen LogP contribution is -1.95. The molecule has 3 aromatic rings. The zero-order valence-corrected chi connectivity index (χ0v) is 15.5. The van der Waals surface area contributed by atoms with Crippen LogP contribution in [0.25, 0.3) is 0 Å². The van der Waals surface area contributed by atoms with Crippen molar-refractivity contribution in [2.75, 3.05) is 0 Å². The van der Waals surface area contributed by atoms with Crippen molar-refractivity contribution in [2.45, 2.75) is 0 Å². The number of halogens is 8. The van der Waals surface area contributed by atoms with Crippen LogP contribution in [0.4, 0.5) is 35.1 Å². The molecule has 0 radical (unpaired) electrons. The van der Waals surface area contributed by atoms with Crippen molar-refractivity contribution in [3.8, 4) is 0 Å². The van der Waals surface area contributed by atoms with Crippen molar-refractivity contribution in [1.29, 1.82) is 0 Å². The van der Waals surface area contributed by atoms with Crippen LogP contribution < -0.4 is 0 Å². The summed E-state index contributed by atoms with van der Waals surface area (Å²) in [6, 6.07) is 5.81. The Morgan fingerprint density at radius 3 is 1.41 bits per heavy atom. The van der Waals surface area contributed by atoms with Gasteiger partial charge in [-0.1, -0.05) is 0 Å². The van der Waals surface area contributed by atoms with Crippen molar-refractivity contribution in [3.63, 3.8) is 0 Å². The van der Waals surface area contributed by atoms with E-state index < -0.39 is 52.1 Å². The van der Waals surface area contributed by atoms with Crippen LogP contribution >= 0.6 is 0 Å². The maximum absolute atomic E-state index is 12.4. The molecule has 0 spiro atoms. The van der Waals surface area contributed by atoms with Crippen LogP contribution in [0.1, 0.15) is 31.1 Å². The normalized spacial score (nSPS) is 9.62. The molecular weight excluding hydrogens is 452 g/mol. The predicted octanol–water partition coefficient (Wildman–Crippen LogP) is 5.61. The largest absolute Gasteiger partial charge is 0.298 e. The fourth-order valence-electron chi connectivity index (χ4n) is 1.86. The van der Waals surface area contributed by atoms with Crippen molar-refractivity contribution >= 4 is 18.9 Å². The van der Waals surface area contributed by atoms with Gasteiger partial charge in [-0.2, -0.15) is 0 Å². The summed E-state index contributed by atoms with van der Waals surface area (Å²) >= 11 is 0. The highest BCUT2D eigenvalue weighted by molar-refractivity contribution is 5.75. The highest BCUT2D eigenvalue weighted by Crippen LogP contribution is 2.13. The number of rotatable bonds is 3. The third-order valence-corrected chi connectivity index (χ3v) is 3.41. The Labute approximate surface area is 174 Å². The summed E-state index contributed by atoms with van der Waals surface area (Å²) in [7, 11) is 0. The molecule has 3 aromatic carbocycles. The number of aldehydes is 3. The fraction of sp³-hybridized carbons (Fsp3) is 0. The minimum Gasteiger partial charge on any atom is -0.298 e. The lowest BCUT2D eigenvalue weighted by molar-refractivity contribution is 0.111. The second-order valence-electron chi connectivity index (χ2n) is 5.59. The first-order valence-corrected chi connectivity index (χ1v) is 8.14. The quantitative estimate of drug-likeness (QED) is 0.289. The van der Waals surface area contributed by atoms with Gasteiger partial charge in [0.1, 0.15) is 12.6 Å². The van der Waals surface area contributed by atoms with Crippen molar-refractivity contribution < 1.29 is 49.5 Å². The Morgan fingerprint density at radius 1 is 0.438 bits per heavy atom. The second-order valence-corrected chi connectivity index (χ2v) is 5.59. The second kappa shape index (κ2) is 12.1. The third-order valence-electron chi connectivity index (χ3n) is 3.41. The van der Waals surface area contributed by atoms with E-state index in [0.717, 1.165) is 18.2 Å². The smallest absolute Gasteiger partial charge is 0.195 e. The molecule has 0 aromatic heterocycles. The van der Waals surface area contributed by atoms with E-state index in [1.165, 1.54) is 6.07 Å². The Bertz CT molecular complexity index is 1110. The van der Waals surface area contributed by atoms with Gasteiger partial charge in [0.2, 0.25) is 0 Å². The zero-order chi connectivity index (χ0) is 24.4. The van der Waals surface area contributed by atoms with E-state index in [4.69, 9.17) is 0 Å². The molecule has 0 bridgehead atoms. The van der Waals surface area contributed by atoms with Crippen LogP contribution in [0, 0.1) is 46.5 Å². The summed E-state index contributed by atoms with van der Waals surface area (Å²) in [6.07, 6.45) is 0.825.